The normalized spacial score (nSPS) is 17.9. The largest absolute Gasteiger partial charge is 1.00 e. The van der Waals surface area contributed by atoms with E-state index in [1.165, 1.54) is 34.3 Å². The third-order valence-corrected chi connectivity index (χ3v) is 12.6. The minimum absolute atomic E-state index is 0. The number of benzene rings is 4. The summed E-state index contributed by atoms with van der Waals surface area (Å²) in [7, 11) is 0.270. The van der Waals surface area contributed by atoms with E-state index in [1.54, 1.807) is 0 Å². The van der Waals surface area contributed by atoms with E-state index in [0.717, 1.165) is 4.48 Å². The molecule has 5 rings (SSSR count). The monoisotopic (exact) mass is 555 g/mol. The van der Waals surface area contributed by atoms with Gasteiger partial charge in [0.1, 0.15) is 0 Å². The number of nitrogens with zero attached hydrogens (tertiary/aromatic N) is 1. The Labute approximate surface area is 226 Å². The van der Waals surface area contributed by atoms with Crippen LogP contribution < -0.4 is 25.9 Å². The van der Waals surface area contributed by atoms with Gasteiger partial charge >= 0.3 is 7.54 Å². The lowest BCUT2D eigenvalue weighted by Crippen LogP contribution is -3.00. The van der Waals surface area contributed by atoms with E-state index < -0.39 is 23.4 Å². The van der Waals surface area contributed by atoms with Gasteiger partial charge in [-0.15, -0.1) is 0 Å². The van der Waals surface area contributed by atoms with E-state index in [-0.39, 0.29) is 4.70 Å². The number of halogens is 4. The van der Waals surface area contributed by atoms with Crippen molar-refractivity contribution in [1.29, 1.82) is 0 Å². The smallest absolute Gasteiger partial charge is 0.762 e. The van der Waals surface area contributed by atoms with Crippen molar-refractivity contribution >= 4 is 44.6 Å². The number of hydrogen-bond donors (Lipinski definition) is 0. The lowest BCUT2D eigenvalue weighted by molar-refractivity contribution is -0.877. The fourth-order valence-corrected chi connectivity index (χ4v) is 12.2. The number of hydrogen-bond acceptors (Lipinski definition) is 0. The molecule has 198 valence electrons. The van der Waals surface area contributed by atoms with Crippen LogP contribution in [-0.2, 0) is 0 Å². The first-order chi connectivity index (χ1) is 17.9. The second kappa shape index (κ2) is 14.0. The number of likely N-dealkylation sites (tertiary alicyclic amines) is 1. The molecule has 2 atom stereocenters. The molecule has 1 heterocycles. The summed E-state index contributed by atoms with van der Waals surface area (Å²) in [6.07, 6.45) is 0. The van der Waals surface area contributed by atoms with Crippen molar-refractivity contribution in [3.8, 4) is 0 Å². The van der Waals surface area contributed by atoms with Crippen LogP contribution in [0.3, 0.4) is 0 Å². The van der Waals surface area contributed by atoms with Gasteiger partial charge in [-0.1, -0.05) is 121 Å². The van der Waals surface area contributed by atoms with Gasteiger partial charge in [0, 0.05) is 11.3 Å². The standard InChI is InChI=1S/C30H32NP2.BF3.FH/c1-31(2)23-29(32(25-15-7-3-8-16-25)26-17-9-4-10-18-26)30(24-31)33(27-19-11-5-12-20-27)28-21-13-6-14-22-28;2-1(3)4;/h3-22,29-30H,23-24H2,1-2H3;;1H/q+1;;/p-1/t29-,30-;;/m1../s1. The van der Waals surface area contributed by atoms with Gasteiger partial charge in [0.15, 0.2) is 0 Å². The minimum atomic E-state index is -3.67. The summed E-state index contributed by atoms with van der Waals surface area (Å²) >= 11 is 0. The molecule has 0 aromatic heterocycles. The summed E-state index contributed by atoms with van der Waals surface area (Å²) in [4.78, 5) is 0. The molecule has 38 heavy (non-hydrogen) atoms. The average Bonchev–Trinajstić information content (AvgIpc) is 3.21. The van der Waals surface area contributed by atoms with Crippen molar-refractivity contribution in [1.82, 2.24) is 0 Å². The van der Waals surface area contributed by atoms with Gasteiger partial charge in [0.05, 0.1) is 27.2 Å². The molecule has 1 aliphatic rings. The molecule has 0 amide bonds. The Balaban J connectivity index is 0.000000749. The topological polar surface area (TPSA) is 0 Å². The Hall–Kier alpha value is -2.52. The molecule has 8 heteroatoms. The quantitative estimate of drug-likeness (QED) is 0.149. The average molecular weight is 555 g/mol. The maximum absolute atomic E-state index is 9.67. The molecule has 0 saturated carbocycles. The van der Waals surface area contributed by atoms with Crippen LogP contribution in [0.5, 0.6) is 0 Å². The van der Waals surface area contributed by atoms with Crippen molar-refractivity contribution in [2.24, 2.45) is 0 Å². The van der Waals surface area contributed by atoms with Crippen molar-refractivity contribution in [2.45, 2.75) is 11.3 Å². The first-order valence-electron chi connectivity index (χ1n) is 12.4. The van der Waals surface area contributed by atoms with E-state index in [4.69, 9.17) is 0 Å². The molecular formula is C30H32BF4NP2. The van der Waals surface area contributed by atoms with Gasteiger partial charge in [-0.05, 0) is 37.1 Å². The third kappa shape index (κ3) is 7.76. The molecule has 4 aromatic carbocycles. The van der Waals surface area contributed by atoms with Crippen LogP contribution >= 0.6 is 15.8 Å². The Morgan fingerprint density at radius 1 is 0.526 bits per heavy atom. The molecule has 0 spiro atoms. The van der Waals surface area contributed by atoms with E-state index >= 15 is 0 Å². The van der Waals surface area contributed by atoms with Crippen LogP contribution in [-0.4, -0.2) is 50.5 Å². The molecular weight excluding hydrogens is 523 g/mol. The van der Waals surface area contributed by atoms with Crippen LogP contribution in [0.2, 0.25) is 0 Å². The first-order valence-corrected chi connectivity index (χ1v) is 15.2. The van der Waals surface area contributed by atoms with Gasteiger partial charge in [0.25, 0.3) is 0 Å². The molecule has 0 unspecified atom stereocenters. The van der Waals surface area contributed by atoms with Gasteiger partial charge in [0.2, 0.25) is 0 Å². The molecule has 1 saturated heterocycles. The van der Waals surface area contributed by atoms with Crippen LogP contribution in [0.25, 0.3) is 0 Å². The lowest BCUT2D eigenvalue weighted by Gasteiger charge is -2.33. The Bertz CT molecular complexity index is 1040. The molecule has 0 bridgehead atoms. The lowest BCUT2D eigenvalue weighted by atomic mass is 10.3. The predicted octanol–water partition coefficient (Wildman–Crippen LogP) is 2.96. The van der Waals surface area contributed by atoms with Crippen LogP contribution in [0.1, 0.15) is 0 Å². The number of quaternary nitrogens is 1. The molecule has 1 aliphatic heterocycles. The van der Waals surface area contributed by atoms with E-state index in [1.807, 2.05) is 0 Å². The molecule has 1 fully saturated rings. The maximum atomic E-state index is 9.67. The van der Waals surface area contributed by atoms with Crippen LogP contribution in [0, 0.1) is 0 Å². The first kappa shape index (κ1) is 30.0. The zero-order valence-electron chi connectivity index (χ0n) is 21.5. The maximum Gasteiger partial charge on any atom is 0.762 e. The van der Waals surface area contributed by atoms with Gasteiger partial charge in [-0.25, -0.2) is 0 Å². The van der Waals surface area contributed by atoms with Gasteiger partial charge < -0.3 is 9.19 Å². The highest BCUT2D eigenvalue weighted by atomic mass is 31.1. The number of rotatable bonds is 6. The Morgan fingerprint density at radius 2 is 0.737 bits per heavy atom. The Morgan fingerprint density at radius 3 is 0.947 bits per heavy atom. The fraction of sp³-hybridized carbons (Fsp3) is 0.200. The summed E-state index contributed by atoms with van der Waals surface area (Å²) in [6.45, 7) is 2.44. The highest BCUT2D eigenvalue weighted by Gasteiger charge is 2.48. The molecule has 0 aliphatic carbocycles. The zero-order valence-corrected chi connectivity index (χ0v) is 23.3. The highest BCUT2D eigenvalue weighted by molar-refractivity contribution is 7.77. The fourth-order valence-electron chi connectivity index (χ4n) is 5.26. The van der Waals surface area contributed by atoms with Crippen molar-refractivity contribution in [3.05, 3.63) is 121 Å². The SMILES string of the molecule is C[N+]1(C)C[C@@H](P(c2ccccc2)c2ccccc2)[C@H](P(c2ccccc2)c2ccccc2)C1.FB(F)F.[F-]. The van der Waals surface area contributed by atoms with Crippen LogP contribution in [0.15, 0.2) is 121 Å². The summed E-state index contributed by atoms with van der Waals surface area (Å²) in [5.74, 6) is 0. The predicted molar refractivity (Wildman–Crippen MR) is 157 cm³/mol. The minimum Gasteiger partial charge on any atom is -1.00 e. The summed E-state index contributed by atoms with van der Waals surface area (Å²) in [6, 6.07) is 45.2. The van der Waals surface area contributed by atoms with E-state index in [9.17, 15) is 12.9 Å². The second-order valence-corrected chi connectivity index (χ2v) is 14.6. The van der Waals surface area contributed by atoms with Crippen molar-refractivity contribution in [2.75, 3.05) is 27.2 Å². The zero-order chi connectivity index (χ0) is 26.3. The molecule has 1 nitrogen and oxygen atoms in total. The van der Waals surface area contributed by atoms with Gasteiger partial charge in [-0.2, -0.15) is 0 Å². The summed E-state index contributed by atoms with van der Waals surface area (Å²) < 4.78 is 30.1. The second-order valence-electron chi connectivity index (χ2n) is 9.77. The highest BCUT2D eigenvalue weighted by Crippen LogP contribution is 2.55. The Kier molecular flexibility index (Phi) is 11.1. The summed E-state index contributed by atoms with van der Waals surface area (Å²) in [5.41, 5.74) is 1.26. The summed E-state index contributed by atoms with van der Waals surface area (Å²) in [5, 5.41) is 6.02. The van der Waals surface area contributed by atoms with Crippen LogP contribution in [0.4, 0.5) is 12.9 Å². The van der Waals surface area contributed by atoms with E-state index in [2.05, 4.69) is 135 Å². The van der Waals surface area contributed by atoms with E-state index in [0.29, 0.717) is 11.3 Å². The molecule has 0 radical (unpaired) electrons. The van der Waals surface area contributed by atoms with Crippen molar-refractivity contribution in [3.63, 3.8) is 0 Å². The third-order valence-electron chi connectivity index (χ3n) is 6.61. The molecule has 0 N–H and O–H groups in total. The van der Waals surface area contributed by atoms with Crippen molar-refractivity contribution < 1.29 is 22.1 Å². The molecule has 4 aromatic rings. The van der Waals surface area contributed by atoms with Gasteiger partial charge in [-0.3, -0.25) is 12.9 Å².